The van der Waals surface area contributed by atoms with Gasteiger partial charge in [-0.05, 0) is 6.92 Å². The Bertz CT molecular complexity index is 557. The van der Waals surface area contributed by atoms with Gasteiger partial charge in [0, 0.05) is 5.75 Å². The molecule has 0 fully saturated rings. The molecule has 0 heterocycles. The van der Waals surface area contributed by atoms with E-state index in [1.807, 2.05) is 0 Å². The van der Waals surface area contributed by atoms with E-state index in [1.165, 1.54) is 6.92 Å². The number of rotatable bonds is 11. The van der Waals surface area contributed by atoms with Crippen molar-refractivity contribution < 1.29 is 34.2 Å². The van der Waals surface area contributed by atoms with Crippen molar-refractivity contribution in [3.63, 3.8) is 0 Å². The Balaban J connectivity index is 5.10. The third kappa shape index (κ3) is 8.13. The van der Waals surface area contributed by atoms with Crippen molar-refractivity contribution >= 4 is 42.2 Å². The number of hydrogen-bond acceptors (Lipinski definition) is 8. The highest BCUT2D eigenvalue weighted by atomic mass is 32.1. The normalized spacial score (nSPS) is 15.1. The molecule has 0 aromatic heterocycles. The van der Waals surface area contributed by atoms with Crippen molar-refractivity contribution in [3.05, 3.63) is 0 Å². The summed E-state index contributed by atoms with van der Waals surface area (Å²) in [5.74, 6) is -5.14. The number of nitrogens with one attached hydrogen (secondary N) is 3. The summed E-state index contributed by atoms with van der Waals surface area (Å²) in [6, 6.07) is -4.26. The molecule has 0 spiro atoms. The Morgan fingerprint density at radius 2 is 1.58 bits per heavy atom. The molecule has 0 rings (SSSR count). The summed E-state index contributed by atoms with van der Waals surface area (Å²) in [5, 5.41) is 24.8. The number of primary amides is 1. The monoisotopic (exact) mass is 393 g/mol. The van der Waals surface area contributed by atoms with Crippen LogP contribution >= 0.6 is 12.6 Å². The Morgan fingerprint density at radius 3 is 1.96 bits per heavy atom. The number of carboxylic acids is 1. The molecule has 0 radical (unpaired) electrons. The van der Waals surface area contributed by atoms with Gasteiger partial charge in [0.2, 0.25) is 23.6 Å². The van der Waals surface area contributed by atoms with E-state index in [0.717, 1.165) is 0 Å². The van der Waals surface area contributed by atoms with E-state index in [4.69, 9.17) is 16.6 Å². The molecule has 0 saturated carbocycles. The maximum atomic E-state index is 12.2. The first-order chi connectivity index (χ1) is 12.0. The third-order valence-corrected chi connectivity index (χ3v) is 3.47. The predicted molar refractivity (Wildman–Crippen MR) is 91.8 cm³/mol. The maximum Gasteiger partial charge on any atom is 0.328 e. The van der Waals surface area contributed by atoms with Crippen LogP contribution < -0.4 is 27.4 Å². The van der Waals surface area contributed by atoms with E-state index in [0.29, 0.717) is 0 Å². The number of carbonyl (C=O) groups is 5. The van der Waals surface area contributed by atoms with Crippen LogP contribution in [0, 0.1) is 0 Å². The first-order valence-corrected chi connectivity index (χ1v) is 8.06. The average molecular weight is 393 g/mol. The lowest BCUT2D eigenvalue weighted by Gasteiger charge is -2.23. The fraction of sp³-hybridized carbons (Fsp3) is 0.615. The average Bonchev–Trinajstić information content (AvgIpc) is 2.55. The molecular weight excluding hydrogens is 370 g/mol. The van der Waals surface area contributed by atoms with Crippen LogP contribution in [0.1, 0.15) is 13.3 Å². The van der Waals surface area contributed by atoms with Crippen LogP contribution in [0.25, 0.3) is 0 Å². The van der Waals surface area contributed by atoms with Gasteiger partial charge in [0.1, 0.15) is 12.1 Å². The van der Waals surface area contributed by atoms with Crippen molar-refractivity contribution in [3.8, 4) is 0 Å². The minimum atomic E-state index is -1.60. The first-order valence-electron chi connectivity index (χ1n) is 7.43. The zero-order valence-corrected chi connectivity index (χ0v) is 14.9. The number of thiol groups is 1. The molecular formula is C13H23N5O7S. The molecule has 0 aliphatic carbocycles. The van der Waals surface area contributed by atoms with Gasteiger partial charge in [0.15, 0.2) is 6.04 Å². The van der Waals surface area contributed by atoms with Crippen LogP contribution in [0.15, 0.2) is 0 Å². The molecule has 0 aromatic carbocycles. The minimum Gasteiger partial charge on any atom is -0.480 e. The van der Waals surface area contributed by atoms with E-state index in [-0.39, 0.29) is 5.75 Å². The molecule has 0 bridgehead atoms. The second-order valence-electron chi connectivity index (χ2n) is 5.30. The summed E-state index contributed by atoms with van der Waals surface area (Å²) in [6.07, 6.45) is -1.93. The number of carboxylic acid groups (broad SMARTS) is 1. The van der Waals surface area contributed by atoms with Crippen molar-refractivity contribution in [2.45, 2.75) is 37.6 Å². The standard InChI is InChI=1S/C13H23N5O7S/c1-5(19)10(13(24)25)18-12(23)7(4-26)17-11(22)6(2-8(15)20)16-9(21)3-14/h5-7,10,19,26H,2-4,14H2,1H3,(H2,15,20)(H,16,21)(H,17,22)(H,18,23)(H,24,25). The highest BCUT2D eigenvalue weighted by Crippen LogP contribution is 1.99. The third-order valence-electron chi connectivity index (χ3n) is 3.10. The summed E-state index contributed by atoms with van der Waals surface area (Å²) < 4.78 is 0. The molecule has 9 N–H and O–H groups in total. The van der Waals surface area contributed by atoms with Crippen LogP contribution in [0.4, 0.5) is 0 Å². The van der Waals surface area contributed by atoms with Gasteiger partial charge in [-0.25, -0.2) is 4.79 Å². The summed E-state index contributed by atoms with van der Waals surface area (Å²) >= 11 is 3.90. The number of amides is 4. The van der Waals surface area contributed by atoms with Crippen LogP contribution in [0.3, 0.4) is 0 Å². The van der Waals surface area contributed by atoms with Gasteiger partial charge in [-0.15, -0.1) is 0 Å². The molecule has 12 nitrogen and oxygen atoms in total. The highest BCUT2D eigenvalue weighted by Gasteiger charge is 2.31. The highest BCUT2D eigenvalue weighted by molar-refractivity contribution is 7.80. The Kier molecular flexibility index (Phi) is 10.2. The van der Waals surface area contributed by atoms with Crippen molar-refractivity contribution in [2.24, 2.45) is 11.5 Å². The van der Waals surface area contributed by atoms with Gasteiger partial charge in [-0.2, -0.15) is 12.6 Å². The summed E-state index contributed by atoms with van der Waals surface area (Å²) in [7, 11) is 0. The van der Waals surface area contributed by atoms with E-state index in [2.05, 4.69) is 28.6 Å². The molecule has 148 valence electrons. The summed E-state index contributed by atoms with van der Waals surface area (Å²) in [5.41, 5.74) is 10.1. The molecule has 4 unspecified atom stereocenters. The van der Waals surface area contributed by atoms with Crippen LogP contribution in [0.5, 0.6) is 0 Å². The van der Waals surface area contributed by atoms with E-state index < -0.39 is 66.8 Å². The van der Waals surface area contributed by atoms with Gasteiger partial charge in [-0.1, -0.05) is 0 Å². The molecule has 4 atom stereocenters. The number of aliphatic hydroxyl groups excluding tert-OH is 1. The van der Waals surface area contributed by atoms with Gasteiger partial charge in [0.25, 0.3) is 0 Å². The van der Waals surface area contributed by atoms with Gasteiger partial charge < -0.3 is 37.6 Å². The van der Waals surface area contributed by atoms with Crippen molar-refractivity contribution in [1.29, 1.82) is 0 Å². The lowest BCUT2D eigenvalue weighted by Crippen LogP contribution is -2.58. The van der Waals surface area contributed by atoms with Crippen LogP contribution in [-0.2, 0) is 24.0 Å². The summed E-state index contributed by atoms with van der Waals surface area (Å²) in [4.78, 5) is 57.7. The number of aliphatic hydroxyl groups is 1. The Labute approximate surface area is 154 Å². The Morgan fingerprint density at radius 1 is 1.04 bits per heavy atom. The fourth-order valence-corrected chi connectivity index (χ4v) is 2.03. The lowest BCUT2D eigenvalue weighted by atomic mass is 10.1. The Hall–Kier alpha value is -2.38. The van der Waals surface area contributed by atoms with Gasteiger partial charge >= 0.3 is 5.97 Å². The number of nitrogens with two attached hydrogens (primary N) is 2. The quantitative estimate of drug-likeness (QED) is 0.160. The second kappa shape index (κ2) is 11.3. The van der Waals surface area contributed by atoms with Crippen LogP contribution in [0.2, 0.25) is 0 Å². The predicted octanol–water partition coefficient (Wildman–Crippen LogP) is -4.33. The molecule has 4 amide bonds. The fourth-order valence-electron chi connectivity index (χ4n) is 1.77. The molecule has 0 aliphatic heterocycles. The maximum absolute atomic E-state index is 12.2. The van der Waals surface area contributed by atoms with Gasteiger partial charge in [-0.3, -0.25) is 19.2 Å². The molecule has 0 saturated heterocycles. The molecule has 0 aliphatic rings. The first kappa shape index (κ1) is 23.6. The van der Waals surface area contributed by atoms with Crippen molar-refractivity contribution in [1.82, 2.24) is 16.0 Å². The number of aliphatic carboxylic acids is 1. The molecule has 13 heteroatoms. The second-order valence-corrected chi connectivity index (χ2v) is 5.67. The molecule has 0 aromatic rings. The molecule has 26 heavy (non-hydrogen) atoms. The van der Waals surface area contributed by atoms with Gasteiger partial charge in [0.05, 0.1) is 19.1 Å². The smallest absolute Gasteiger partial charge is 0.328 e. The van der Waals surface area contributed by atoms with E-state index >= 15 is 0 Å². The SMILES string of the molecule is CC(O)C(NC(=O)C(CS)NC(=O)C(CC(N)=O)NC(=O)CN)C(=O)O. The van der Waals surface area contributed by atoms with E-state index in [1.54, 1.807) is 0 Å². The number of carbonyl (C=O) groups excluding carboxylic acids is 4. The zero-order valence-electron chi connectivity index (χ0n) is 14.0. The minimum absolute atomic E-state index is 0.224. The number of hydrogen-bond donors (Lipinski definition) is 8. The summed E-state index contributed by atoms with van der Waals surface area (Å²) in [6.45, 7) is 0.728. The van der Waals surface area contributed by atoms with E-state index in [9.17, 15) is 29.1 Å². The van der Waals surface area contributed by atoms with Crippen LogP contribution in [-0.4, -0.2) is 76.3 Å². The lowest BCUT2D eigenvalue weighted by molar-refractivity contribution is -0.145. The largest absolute Gasteiger partial charge is 0.480 e. The zero-order chi connectivity index (χ0) is 20.4. The topological polar surface area (TPSA) is 214 Å². The van der Waals surface area contributed by atoms with Crippen molar-refractivity contribution in [2.75, 3.05) is 12.3 Å².